The summed E-state index contributed by atoms with van der Waals surface area (Å²) in [6, 6.07) is 8.61. The lowest BCUT2D eigenvalue weighted by Crippen LogP contribution is -2.23. The fraction of sp³-hybridized carbons (Fsp3) is 0.333. The summed E-state index contributed by atoms with van der Waals surface area (Å²) in [4.78, 5) is 35.1. The largest absolute Gasteiger partial charge is 0.493 e. The molecule has 0 saturated heterocycles. The van der Waals surface area contributed by atoms with Gasteiger partial charge in [-0.1, -0.05) is 19.4 Å². The predicted molar refractivity (Wildman–Crippen MR) is 139 cm³/mol. The molecule has 0 aliphatic carbocycles. The van der Waals surface area contributed by atoms with E-state index in [-0.39, 0.29) is 41.4 Å². The number of aromatic hydroxyl groups is 1. The van der Waals surface area contributed by atoms with Gasteiger partial charge in [-0.25, -0.2) is 9.59 Å². The first-order valence-electron chi connectivity index (χ1n) is 12.6. The van der Waals surface area contributed by atoms with Crippen molar-refractivity contribution in [1.29, 1.82) is 0 Å². The van der Waals surface area contributed by atoms with Crippen molar-refractivity contribution in [2.24, 2.45) is 0 Å². The number of non-ortho nitro benzene ring substituents is 1. The maximum absolute atomic E-state index is 13.5. The Morgan fingerprint density at radius 3 is 2.58 bits per heavy atom. The third-order valence-electron chi connectivity index (χ3n) is 6.34. The van der Waals surface area contributed by atoms with Gasteiger partial charge in [0.05, 0.1) is 29.0 Å². The normalized spacial score (nSPS) is 11.7. The van der Waals surface area contributed by atoms with Crippen molar-refractivity contribution in [1.82, 2.24) is 9.13 Å². The van der Waals surface area contributed by atoms with Gasteiger partial charge in [-0.2, -0.15) is 13.2 Å². The number of aryl methyl sites for hydroxylation is 1. The summed E-state index contributed by atoms with van der Waals surface area (Å²) in [6.45, 7) is 2.26. The third-order valence-corrected chi connectivity index (χ3v) is 6.34. The standard InChI is InChI=1S/C27H26F3N3O7/c1-2-7-20-22(11-10-19-21(27(28,29)30)15-24(35)40-25(19)20)39-13-5-3-4-12-31-23(34)16-32(26(31)36)17-8-6-9-18(14-17)33(37)38/h6,8-11,14-16,34H,2-5,7,12-13H2,1H3. The SMILES string of the molecule is CCCc1c(OCCCCCn2c(O)cn(-c3cccc([N+](=O)[O-])c3)c2=O)ccc2c(C(F)(F)F)cc(=O)oc12. The topological polar surface area (TPSA) is 130 Å². The first kappa shape index (κ1) is 28.5. The number of nitrogens with zero attached hydrogens (tertiary/aromatic N) is 3. The summed E-state index contributed by atoms with van der Waals surface area (Å²) < 4.78 is 53.7. The molecule has 0 unspecified atom stereocenters. The number of nitro benzene ring substituents is 1. The van der Waals surface area contributed by atoms with E-state index in [1.807, 2.05) is 6.92 Å². The molecule has 0 aliphatic heterocycles. The fourth-order valence-corrected chi connectivity index (χ4v) is 4.47. The number of aromatic nitrogens is 2. The number of alkyl halides is 3. The molecule has 4 rings (SSSR count). The van der Waals surface area contributed by atoms with E-state index in [4.69, 9.17) is 9.15 Å². The van der Waals surface area contributed by atoms with Crippen molar-refractivity contribution in [2.75, 3.05) is 6.61 Å². The van der Waals surface area contributed by atoms with Gasteiger partial charge in [-0.3, -0.25) is 19.2 Å². The first-order chi connectivity index (χ1) is 19.0. The minimum absolute atomic E-state index is 0.137. The molecule has 2 heterocycles. The van der Waals surface area contributed by atoms with E-state index < -0.39 is 28.0 Å². The van der Waals surface area contributed by atoms with Crippen molar-refractivity contribution in [3.8, 4) is 17.3 Å². The minimum atomic E-state index is -4.71. The van der Waals surface area contributed by atoms with E-state index in [2.05, 4.69) is 0 Å². The van der Waals surface area contributed by atoms with Crippen molar-refractivity contribution in [2.45, 2.75) is 51.7 Å². The highest BCUT2D eigenvalue weighted by Gasteiger charge is 2.34. The third kappa shape index (κ3) is 6.03. The van der Waals surface area contributed by atoms with Crippen LogP contribution in [0.5, 0.6) is 11.6 Å². The van der Waals surface area contributed by atoms with Gasteiger partial charge in [0, 0.05) is 35.7 Å². The molecule has 0 amide bonds. The number of benzene rings is 2. The molecule has 2 aromatic carbocycles. The summed E-state index contributed by atoms with van der Waals surface area (Å²) in [5.74, 6) is 0.0487. The number of hydrogen-bond acceptors (Lipinski definition) is 7. The molecule has 0 bridgehead atoms. The summed E-state index contributed by atoms with van der Waals surface area (Å²) >= 11 is 0. The Morgan fingerprint density at radius 2 is 1.88 bits per heavy atom. The number of imidazole rings is 1. The first-order valence-corrected chi connectivity index (χ1v) is 12.6. The van der Waals surface area contributed by atoms with Gasteiger partial charge in [-0.15, -0.1) is 0 Å². The number of fused-ring (bicyclic) bond motifs is 1. The average Bonchev–Trinajstić information content (AvgIpc) is 3.19. The molecule has 4 aromatic rings. The van der Waals surface area contributed by atoms with Gasteiger partial charge in [0.15, 0.2) is 0 Å². The lowest BCUT2D eigenvalue weighted by molar-refractivity contribution is -0.384. The van der Waals surface area contributed by atoms with Crippen molar-refractivity contribution < 1.29 is 32.4 Å². The van der Waals surface area contributed by atoms with Crippen LogP contribution < -0.4 is 16.1 Å². The molecule has 0 fully saturated rings. The zero-order chi connectivity index (χ0) is 29.0. The highest BCUT2D eigenvalue weighted by Crippen LogP contribution is 2.37. The molecule has 40 heavy (non-hydrogen) atoms. The van der Waals surface area contributed by atoms with Crippen molar-refractivity contribution in [3.63, 3.8) is 0 Å². The van der Waals surface area contributed by atoms with Crippen LogP contribution in [-0.2, 0) is 19.1 Å². The van der Waals surface area contributed by atoms with E-state index in [0.29, 0.717) is 49.5 Å². The molecule has 0 radical (unpaired) electrons. The van der Waals surface area contributed by atoms with E-state index in [1.165, 1.54) is 42.6 Å². The van der Waals surface area contributed by atoms with Crippen LogP contribution in [0.4, 0.5) is 18.9 Å². The molecule has 1 N–H and O–H groups in total. The Hall–Kier alpha value is -4.55. The van der Waals surface area contributed by atoms with Crippen LogP contribution in [0.25, 0.3) is 16.7 Å². The highest BCUT2D eigenvalue weighted by molar-refractivity contribution is 5.85. The quantitative estimate of drug-likeness (QED) is 0.110. The molecule has 2 aromatic heterocycles. The lowest BCUT2D eigenvalue weighted by Gasteiger charge is -2.15. The second-order valence-electron chi connectivity index (χ2n) is 9.12. The van der Waals surface area contributed by atoms with Gasteiger partial charge in [-0.05, 0) is 43.9 Å². The number of halogens is 3. The molecule has 13 heteroatoms. The van der Waals surface area contributed by atoms with Crippen molar-refractivity contribution >= 4 is 16.7 Å². The van der Waals surface area contributed by atoms with Gasteiger partial charge in [0.2, 0.25) is 5.88 Å². The molecule has 0 saturated carbocycles. The maximum Gasteiger partial charge on any atom is 0.417 e. The van der Waals surface area contributed by atoms with Gasteiger partial charge >= 0.3 is 17.5 Å². The Morgan fingerprint density at radius 1 is 1.10 bits per heavy atom. The van der Waals surface area contributed by atoms with Crippen LogP contribution in [0.3, 0.4) is 0 Å². The zero-order valence-electron chi connectivity index (χ0n) is 21.4. The van der Waals surface area contributed by atoms with Crippen LogP contribution in [0.15, 0.2) is 62.7 Å². The van der Waals surface area contributed by atoms with Crippen LogP contribution in [-0.4, -0.2) is 25.8 Å². The van der Waals surface area contributed by atoms with E-state index in [9.17, 15) is 38.0 Å². The second-order valence-corrected chi connectivity index (χ2v) is 9.12. The van der Waals surface area contributed by atoms with Gasteiger partial charge in [0.1, 0.15) is 11.3 Å². The smallest absolute Gasteiger partial charge is 0.417 e. The summed E-state index contributed by atoms with van der Waals surface area (Å²) in [5, 5.41) is 21.1. The maximum atomic E-state index is 13.5. The summed E-state index contributed by atoms with van der Waals surface area (Å²) in [5.41, 5.74) is -2.38. The molecule has 0 aliphatic rings. The lowest BCUT2D eigenvalue weighted by atomic mass is 10.0. The Balaban J connectivity index is 1.40. The molecule has 212 valence electrons. The number of hydrogen-bond donors (Lipinski definition) is 1. The summed E-state index contributed by atoms with van der Waals surface area (Å²) in [7, 11) is 0. The van der Waals surface area contributed by atoms with E-state index in [1.54, 1.807) is 0 Å². The minimum Gasteiger partial charge on any atom is -0.493 e. The Kier molecular flexibility index (Phi) is 8.31. The number of nitro groups is 1. The van der Waals surface area contributed by atoms with Crippen LogP contribution in [0.2, 0.25) is 0 Å². The monoisotopic (exact) mass is 561 g/mol. The molecule has 0 spiro atoms. The van der Waals surface area contributed by atoms with Crippen LogP contribution >= 0.6 is 0 Å². The predicted octanol–water partition coefficient (Wildman–Crippen LogP) is 5.58. The van der Waals surface area contributed by atoms with Gasteiger partial charge in [0.25, 0.3) is 5.69 Å². The fourth-order valence-electron chi connectivity index (χ4n) is 4.47. The molecule has 0 atom stereocenters. The molecular weight excluding hydrogens is 535 g/mol. The van der Waals surface area contributed by atoms with E-state index >= 15 is 0 Å². The average molecular weight is 562 g/mol. The van der Waals surface area contributed by atoms with Crippen LogP contribution in [0, 0.1) is 10.1 Å². The van der Waals surface area contributed by atoms with E-state index in [0.717, 1.165) is 9.13 Å². The zero-order valence-corrected chi connectivity index (χ0v) is 21.4. The number of unbranched alkanes of at least 4 members (excludes halogenated alkanes) is 2. The highest BCUT2D eigenvalue weighted by atomic mass is 19.4. The van der Waals surface area contributed by atoms with Crippen molar-refractivity contribution in [3.05, 3.63) is 90.8 Å². The Bertz CT molecular complexity index is 1650. The number of ether oxygens (including phenoxy) is 1. The van der Waals surface area contributed by atoms with Crippen LogP contribution in [0.1, 0.15) is 43.7 Å². The summed E-state index contributed by atoms with van der Waals surface area (Å²) in [6.07, 6.45) is -0.947. The second kappa shape index (κ2) is 11.7. The van der Waals surface area contributed by atoms with Gasteiger partial charge < -0.3 is 14.3 Å². The Labute approximate surface area is 225 Å². The number of rotatable bonds is 11. The molecule has 10 nitrogen and oxygen atoms in total. The molecular formula is C27H26F3N3O7.